The Balaban J connectivity index is 3.07. The summed E-state index contributed by atoms with van der Waals surface area (Å²) in [5.41, 5.74) is 0.939. The van der Waals surface area contributed by atoms with E-state index in [4.69, 9.17) is 0 Å². The Morgan fingerprint density at radius 2 is 1.91 bits per heavy atom. The molecule has 0 amide bonds. The summed E-state index contributed by atoms with van der Waals surface area (Å²) in [6.45, 7) is 1.95. The zero-order valence-corrected chi connectivity index (χ0v) is 13.8. The van der Waals surface area contributed by atoms with Gasteiger partial charge in [-0.3, -0.25) is 9.10 Å². The molecular formula is C16H19NO5S. The number of allylic oxidation sites excluding steroid dienone is 1. The van der Waals surface area contributed by atoms with E-state index in [0.29, 0.717) is 12.7 Å². The van der Waals surface area contributed by atoms with Gasteiger partial charge < -0.3 is 4.74 Å². The number of esters is 1. The predicted octanol–water partition coefficient (Wildman–Crippen LogP) is 1.82. The molecule has 0 heterocycles. The van der Waals surface area contributed by atoms with Crippen molar-refractivity contribution in [1.29, 1.82) is 0 Å². The summed E-state index contributed by atoms with van der Waals surface area (Å²) >= 11 is 0. The van der Waals surface area contributed by atoms with E-state index >= 15 is 0 Å². The van der Waals surface area contributed by atoms with Gasteiger partial charge in [-0.1, -0.05) is 23.8 Å². The topological polar surface area (TPSA) is 80.8 Å². The highest BCUT2D eigenvalue weighted by Gasteiger charge is 2.21. The maximum absolute atomic E-state index is 12.6. The van der Waals surface area contributed by atoms with Gasteiger partial charge in [0.2, 0.25) is 0 Å². The smallest absolute Gasteiger partial charge is 0.331 e. The van der Waals surface area contributed by atoms with Crippen LogP contribution in [0.3, 0.4) is 0 Å². The zero-order valence-electron chi connectivity index (χ0n) is 13.0. The van der Waals surface area contributed by atoms with Crippen LogP contribution in [0.4, 0.5) is 0 Å². The van der Waals surface area contributed by atoms with Gasteiger partial charge in [0.25, 0.3) is 10.0 Å². The Kier molecular flexibility index (Phi) is 7.21. The van der Waals surface area contributed by atoms with E-state index in [9.17, 15) is 18.0 Å². The fraction of sp³-hybridized carbons (Fsp3) is 0.250. The second-order valence-corrected chi connectivity index (χ2v) is 6.51. The van der Waals surface area contributed by atoms with Crippen LogP contribution < -0.4 is 0 Å². The molecule has 7 heteroatoms. The van der Waals surface area contributed by atoms with Gasteiger partial charge in [0, 0.05) is 18.8 Å². The highest BCUT2D eigenvalue weighted by atomic mass is 32.2. The second kappa shape index (κ2) is 8.89. The molecule has 0 aliphatic rings. The molecule has 0 bridgehead atoms. The minimum atomic E-state index is -3.79. The number of nitrogens with zero attached hydrogens (tertiary/aromatic N) is 1. The molecule has 6 nitrogen and oxygen atoms in total. The minimum absolute atomic E-state index is 0.0913. The molecule has 1 aromatic carbocycles. The summed E-state index contributed by atoms with van der Waals surface area (Å²) in [5.74, 6) is -0.655. The normalized spacial score (nSPS) is 11.7. The summed E-state index contributed by atoms with van der Waals surface area (Å²) in [7, 11) is -2.59. The van der Waals surface area contributed by atoms with Gasteiger partial charge in [-0.25, -0.2) is 13.2 Å². The predicted molar refractivity (Wildman–Crippen MR) is 86.0 cm³/mol. The molecule has 0 aromatic heterocycles. The standard InChI is InChI=1S/C16H19NO5S/c1-14-6-8-15(9-7-14)23(20,21)17(11-4-3-5-13-18)12-10-16(19)22-2/h3,5-10,12-13H,4,11H2,1-2H3/b5-3+,12-10+. The lowest BCUT2D eigenvalue weighted by atomic mass is 10.2. The number of carbonyl (C=O) groups is 2. The maximum atomic E-state index is 12.6. The number of carbonyl (C=O) groups excluding carboxylic acids is 2. The molecule has 0 aliphatic carbocycles. The Morgan fingerprint density at radius 1 is 1.26 bits per heavy atom. The Labute approximate surface area is 136 Å². The molecule has 124 valence electrons. The third-order valence-corrected chi connectivity index (χ3v) is 4.73. The molecule has 0 radical (unpaired) electrons. The lowest BCUT2D eigenvalue weighted by Gasteiger charge is -2.19. The lowest BCUT2D eigenvalue weighted by Crippen LogP contribution is -2.27. The highest BCUT2D eigenvalue weighted by molar-refractivity contribution is 7.89. The lowest BCUT2D eigenvalue weighted by molar-refractivity contribution is -0.134. The van der Waals surface area contributed by atoms with Gasteiger partial charge in [-0.2, -0.15) is 0 Å². The Morgan fingerprint density at radius 3 is 2.48 bits per heavy atom. The van der Waals surface area contributed by atoms with Crippen molar-refractivity contribution in [3.63, 3.8) is 0 Å². The van der Waals surface area contributed by atoms with Crippen LogP contribution in [0.2, 0.25) is 0 Å². The van der Waals surface area contributed by atoms with Crippen LogP contribution >= 0.6 is 0 Å². The van der Waals surface area contributed by atoms with Crippen molar-refractivity contribution in [2.24, 2.45) is 0 Å². The van der Waals surface area contributed by atoms with Gasteiger partial charge in [0.1, 0.15) is 6.29 Å². The quantitative estimate of drug-likeness (QED) is 0.411. The van der Waals surface area contributed by atoms with E-state index in [1.165, 1.54) is 25.3 Å². The number of sulfonamides is 1. The van der Waals surface area contributed by atoms with E-state index in [0.717, 1.165) is 22.1 Å². The molecular weight excluding hydrogens is 318 g/mol. The first-order valence-electron chi connectivity index (χ1n) is 6.86. The molecule has 23 heavy (non-hydrogen) atoms. The summed E-state index contributed by atoms with van der Waals surface area (Å²) in [6, 6.07) is 6.40. The number of benzene rings is 1. The summed E-state index contributed by atoms with van der Waals surface area (Å²) < 4.78 is 30.8. The Hall–Kier alpha value is -2.41. The first-order chi connectivity index (χ1) is 10.9. The van der Waals surface area contributed by atoms with Crippen molar-refractivity contribution in [3.05, 3.63) is 54.3 Å². The van der Waals surface area contributed by atoms with E-state index in [-0.39, 0.29) is 11.4 Å². The number of rotatable bonds is 8. The van der Waals surface area contributed by atoms with Crippen molar-refractivity contribution in [3.8, 4) is 0 Å². The van der Waals surface area contributed by atoms with Gasteiger partial charge in [-0.15, -0.1) is 0 Å². The number of ether oxygens (including phenoxy) is 1. The van der Waals surface area contributed by atoms with Crippen LogP contribution in [0.15, 0.2) is 53.6 Å². The van der Waals surface area contributed by atoms with E-state index < -0.39 is 16.0 Å². The van der Waals surface area contributed by atoms with Crippen molar-refractivity contribution in [1.82, 2.24) is 4.31 Å². The summed E-state index contributed by atoms with van der Waals surface area (Å²) in [6.07, 6.45) is 5.99. The van der Waals surface area contributed by atoms with Crippen molar-refractivity contribution < 1.29 is 22.7 Å². The van der Waals surface area contributed by atoms with Crippen LogP contribution in [0.5, 0.6) is 0 Å². The zero-order chi connectivity index (χ0) is 17.3. The molecule has 0 fully saturated rings. The van der Waals surface area contributed by atoms with Gasteiger partial charge in [0.15, 0.2) is 0 Å². The fourth-order valence-corrected chi connectivity index (χ4v) is 3.00. The third kappa shape index (κ3) is 5.71. The molecule has 0 unspecified atom stereocenters. The van der Waals surface area contributed by atoms with Crippen LogP contribution in [0, 0.1) is 6.92 Å². The second-order valence-electron chi connectivity index (χ2n) is 4.62. The number of aldehydes is 1. The van der Waals surface area contributed by atoms with Crippen LogP contribution in [-0.2, 0) is 24.3 Å². The van der Waals surface area contributed by atoms with Crippen molar-refractivity contribution in [2.75, 3.05) is 13.7 Å². The van der Waals surface area contributed by atoms with Crippen LogP contribution in [0.1, 0.15) is 12.0 Å². The molecule has 1 rings (SSSR count). The summed E-state index contributed by atoms with van der Waals surface area (Å²) in [5, 5.41) is 0. The average molecular weight is 337 g/mol. The SMILES string of the molecule is COC(=O)/C=C/N(CC/C=C/C=O)S(=O)(=O)c1ccc(C)cc1. The van der Waals surface area contributed by atoms with Gasteiger partial charge in [0.05, 0.1) is 12.0 Å². The largest absolute Gasteiger partial charge is 0.466 e. The van der Waals surface area contributed by atoms with E-state index in [1.807, 2.05) is 6.92 Å². The van der Waals surface area contributed by atoms with Gasteiger partial charge >= 0.3 is 5.97 Å². The molecule has 0 saturated heterocycles. The van der Waals surface area contributed by atoms with Crippen molar-refractivity contribution >= 4 is 22.3 Å². The highest BCUT2D eigenvalue weighted by Crippen LogP contribution is 2.17. The summed E-state index contributed by atoms with van der Waals surface area (Å²) in [4.78, 5) is 21.6. The first kappa shape index (κ1) is 18.6. The maximum Gasteiger partial charge on any atom is 0.331 e. The van der Waals surface area contributed by atoms with Gasteiger partial charge in [-0.05, 0) is 31.6 Å². The van der Waals surface area contributed by atoms with E-state index in [1.54, 1.807) is 18.2 Å². The third-order valence-electron chi connectivity index (χ3n) is 2.94. The molecule has 0 aliphatic heterocycles. The molecule has 0 saturated carbocycles. The molecule has 0 spiro atoms. The molecule has 0 atom stereocenters. The fourth-order valence-electron chi connectivity index (χ4n) is 1.69. The Bertz CT molecular complexity index is 690. The molecule has 1 aromatic rings. The van der Waals surface area contributed by atoms with Crippen molar-refractivity contribution in [2.45, 2.75) is 18.2 Å². The number of hydrogen-bond acceptors (Lipinski definition) is 5. The van der Waals surface area contributed by atoms with E-state index in [2.05, 4.69) is 4.74 Å². The monoisotopic (exact) mass is 337 g/mol. The molecule has 0 N–H and O–H groups in total. The average Bonchev–Trinajstić information content (AvgIpc) is 2.54. The van der Waals surface area contributed by atoms with Crippen LogP contribution in [0.25, 0.3) is 0 Å². The van der Waals surface area contributed by atoms with Crippen LogP contribution in [-0.4, -0.2) is 38.6 Å². The number of aryl methyl sites for hydroxylation is 1. The number of methoxy groups -OCH3 is 1. The first-order valence-corrected chi connectivity index (χ1v) is 8.31. The number of hydrogen-bond donors (Lipinski definition) is 0. The minimum Gasteiger partial charge on any atom is -0.466 e.